The average molecular weight is 300 g/mol. The van der Waals surface area contributed by atoms with Crippen LogP contribution in [0.3, 0.4) is 0 Å². The molecule has 0 unspecified atom stereocenters. The zero-order valence-corrected chi connectivity index (χ0v) is 11.8. The Morgan fingerprint density at radius 3 is 2.81 bits per heavy atom. The zero-order chi connectivity index (χ0) is 14.8. The summed E-state index contributed by atoms with van der Waals surface area (Å²) in [6, 6.07) is 12.1. The maximum Gasteiger partial charge on any atom is 0.151 e. The lowest BCUT2D eigenvalue weighted by atomic mass is 10.0. The van der Waals surface area contributed by atoms with Crippen molar-refractivity contribution in [1.82, 2.24) is 4.98 Å². The number of para-hydroxylation sites is 1. The summed E-state index contributed by atoms with van der Waals surface area (Å²) < 4.78 is 13.6. The predicted molar refractivity (Wildman–Crippen MR) is 81.3 cm³/mol. The second-order valence-electron chi connectivity index (χ2n) is 4.76. The molecule has 0 aliphatic rings. The van der Waals surface area contributed by atoms with E-state index in [2.05, 4.69) is 4.98 Å². The van der Waals surface area contributed by atoms with Gasteiger partial charge in [0.1, 0.15) is 11.3 Å². The van der Waals surface area contributed by atoms with Crippen LogP contribution in [0.15, 0.2) is 48.7 Å². The molecule has 3 aromatic rings. The predicted octanol–water partition coefficient (Wildman–Crippen LogP) is 4.43. The summed E-state index contributed by atoms with van der Waals surface area (Å²) in [5, 5.41) is 1.17. The Hall–Kier alpha value is -2.26. The average Bonchev–Trinajstić information content (AvgIpc) is 2.48. The summed E-state index contributed by atoms with van der Waals surface area (Å²) in [6.45, 7) is 0. The second-order valence-corrected chi connectivity index (χ2v) is 5.17. The van der Waals surface area contributed by atoms with Crippen molar-refractivity contribution in [3.05, 3.63) is 76.2 Å². The zero-order valence-electron chi connectivity index (χ0n) is 11.0. The topological polar surface area (TPSA) is 30.0 Å². The van der Waals surface area contributed by atoms with E-state index in [1.54, 1.807) is 24.4 Å². The second kappa shape index (κ2) is 5.62. The van der Waals surface area contributed by atoms with Crippen LogP contribution in [0, 0.1) is 5.82 Å². The van der Waals surface area contributed by atoms with Gasteiger partial charge in [-0.3, -0.25) is 9.78 Å². The quantitative estimate of drug-likeness (QED) is 0.670. The van der Waals surface area contributed by atoms with Gasteiger partial charge >= 0.3 is 0 Å². The van der Waals surface area contributed by atoms with Gasteiger partial charge < -0.3 is 0 Å². The lowest BCUT2D eigenvalue weighted by molar-refractivity contribution is 0.112. The SMILES string of the molecule is O=Cc1c(Cl)cccc1Cc1cnc2c(F)cccc2c1. The fourth-order valence-corrected chi connectivity index (χ4v) is 2.59. The van der Waals surface area contributed by atoms with Crippen LogP contribution in [0.5, 0.6) is 0 Å². The van der Waals surface area contributed by atoms with Gasteiger partial charge in [-0.25, -0.2) is 4.39 Å². The van der Waals surface area contributed by atoms with Gasteiger partial charge in [0, 0.05) is 17.1 Å². The normalized spacial score (nSPS) is 10.8. The molecule has 2 nitrogen and oxygen atoms in total. The minimum Gasteiger partial charge on any atom is -0.298 e. The Morgan fingerprint density at radius 1 is 1.19 bits per heavy atom. The van der Waals surface area contributed by atoms with Crippen molar-refractivity contribution >= 4 is 28.8 Å². The van der Waals surface area contributed by atoms with Gasteiger partial charge in [-0.05, 0) is 35.7 Å². The van der Waals surface area contributed by atoms with E-state index in [0.29, 0.717) is 22.5 Å². The van der Waals surface area contributed by atoms with E-state index in [1.807, 2.05) is 18.2 Å². The number of nitrogens with zero attached hydrogens (tertiary/aromatic N) is 1. The van der Waals surface area contributed by atoms with E-state index in [4.69, 9.17) is 11.6 Å². The smallest absolute Gasteiger partial charge is 0.151 e. The van der Waals surface area contributed by atoms with E-state index >= 15 is 0 Å². The van der Waals surface area contributed by atoms with Gasteiger partial charge in [0.25, 0.3) is 0 Å². The third-order valence-electron chi connectivity index (χ3n) is 3.37. The number of hydrogen-bond acceptors (Lipinski definition) is 2. The number of rotatable bonds is 3. The number of fused-ring (bicyclic) bond motifs is 1. The molecule has 1 aromatic heterocycles. The molecule has 0 radical (unpaired) electrons. The first-order valence-electron chi connectivity index (χ1n) is 6.45. The Morgan fingerprint density at radius 2 is 2.00 bits per heavy atom. The Labute approximate surface area is 126 Å². The summed E-state index contributed by atoms with van der Waals surface area (Å²) in [5.41, 5.74) is 2.56. The van der Waals surface area contributed by atoms with Gasteiger partial charge in [0.2, 0.25) is 0 Å². The van der Waals surface area contributed by atoms with Crippen LogP contribution >= 0.6 is 11.6 Å². The molecule has 4 heteroatoms. The Balaban J connectivity index is 2.03. The molecule has 3 rings (SSSR count). The van der Waals surface area contributed by atoms with Crippen LogP contribution in [-0.2, 0) is 6.42 Å². The van der Waals surface area contributed by atoms with Crippen molar-refractivity contribution in [2.24, 2.45) is 0 Å². The van der Waals surface area contributed by atoms with E-state index in [9.17, 15) is 9.18 Å². The number of carbonyl (C=O) groups is 1. The molecule has 0 saturated heterocycles. The van der Waals surface area contributed by atoms with Crippen molar-refractivity contribution in [3.8, 4) is 0 Å². The lowest BCUT2D eigenvalue weighted by Crippen LogP contribution is -1.97. The van der Waals surface area contributed by atoms with Crippen molar-refractivity contribution in [3.63, 3.8) is 0 Å². The van der Waals surface area contributed by atoms with Crippen LogP contribution in [0.2, 0.25) is 5.02 Å². The van der Waals surface area contributed by atoms with Crippen LogP contribution in [0.1, 0.15) is 21.5 Å². The largest absolute Gasteiger partial charge is 0.298 e. The first-order chi connectivity index (χ1) is 10.2. The highest BCUT2D eigenvalue weighted by atomic mass is 35.5. The monoisotopic (exact) mass is 299 g/mol. The molecule has 0 aliphatic heterocycles. The Bertz CT molecular complexity index is 832. The highest BCUT2D eigenvalue weighted by Gasteiger charge is 2.08. The number of aldehydes is 1. The van der Waals surface area contributed by atoms with Gasteiger partial charge in [-0.1, -0.05) is 35.9 Å². The van der Waals surface area contributed by atoms with E-state index < -0.39 is 0 Å². The highest BCUT2D eigenvalue weighted by molar-refractivity contribution is 6.33. The summed E-state index contributed by atoms with van der Waals surface area (Å²) in [7, 11) is 0. The van der Waals surface area contributed by atoms with Crippen molar-refractivity contribution in [1.29, 1.82) is 0 Å². The molecule has 0 N–H and O–H groups in total. The molecular weight excluding hydrogens is 289 g/mol. The molecular formula is C17H11ClFNO. The molecule has 0 bridgehead atoms. The van der Waals surface area contributed by atoms with E-state index in [0.717, 1.165) is 22.8 Å². The van der Waals surface area contributed by atoms with Gasteiger partial charge in [0.15, 0.2) is 6.29 Å². The maximum absolute atomic E-state index is 13.6. The number of hydrogen-bond donors (Lipinski definition) is 0. The first-order valence-corrected chi connectivity index (χ1v) is 6.82. The maximum atomic E-state index is 13.6. The molecule has 0 amide bonds. The molecule has 0 atom stereocenters. The standard InChI is InChI=1S/C17H11ClFNO/c18-15-5-1-3-12(14(15)10-21)7-11-8-13-4-2-6-16(19)17(13)20-9-11/h1-6,8-10H,7H2. The molecule has 0 saturated carbocycles. The van der Waals surface area contributed by atoms with Crippen molar-refractivity contribution < 1.29 is 9.18 Å². The van der Waals surface area contributed by atoms with E-state index in [1.165, 1.54) is 6.07 Å². The summed E-state index contributed by atoms with van der Waals surface area (Å²) in [6.07, 6.45) is 2.90. The molecule has 1 heterocycles. The Kier molecular flexibility index (Phi) is 3.67. The van der Waals surface area contributed by atoms with Gasteiger partial charge in [-0.15, -0.1) is 0 Å². The molecule has 21 heavy (non-hydrogen) atoms. The number of halogens is 2. The number of aromatic nitrogens is 1. The van der Waals surface area contributed by atoms with Crippen LogP contribution in [-0.4, -0.2) is 11.3 Å². The fraction of sp³-hybridized carbons (Fsp3) is 0.0588. The van der Waals surface area contributed by atoms with Crippen molar-refractivity contribution in [2.45, 2.75) is 6.42 Å². The molecule has 0 spiro atoms. The van der Waals surface area contributed by atoms with Crippen LogP contribution < -0.4 is 0 Å². The third-order valence-corrected chi connectivity index (χ3v) is 3.70. The number of carbonyl (C=O) groups excluding carboxylic acids is 1. The molecule has 0 fully saturated rings. The summed E-state index contributed by atoms with van der Waals surface area (Å²) >= 11 is 6.02. The fourth-order valence-electron chi connectivity index (χ4n) is 2.35. The minimum atomic E-state index is -0.338. The minimum absolute atomic E-state index is 0.338. The van der Waals surface area contributed by atoms with E-state index in [-0.39, 0.29) is 5.82 Å². The highest BCUT2D eigenvalue weighted by Crippen LogP contribution is 2.22. The first kappa shape index (κ1) is 13.7. The van der Waals surface area contributed by atoms with Crippen molar-refractivity contribution in [2.75, 3.05) is 0 Å². The molecule has 104 valence electrons. The number of benzene rings is 2. The van der Waals surface area contributed by atoms with Gasteiger partial charge in [0.05, 0.1) is 5.02 Å². The molecule has 0 aliphatic carbocycles. The van der Waals surface area contributed by atoms with Crippen LogP contribution in [0.4, 0.5) is 4.39 Å². The third kappa shape index (κ3) is 2.65. The summed E-state index contributed by atoms with van der Waals surface area (Å²) in [4.78, 5) is 15.3. The van der Waals surface area contributed by atoms with Gasteiger partial charge in [-0.2, -0.15) is 0 Å². The van der Waals surface area contributed by atoms with Crippen LogP contribution in [0.25, 0.3) is 10.9 Å². The molecule has 2 aromatic carbocycles. The summed E-state index contributed by atoms with van der Waals surface area (Å²) in [5.74, 6) is -0.338. The lowest BCUT2D eigenvalue weighted by Gasteiger charge is -2.07. The number of pyridine rings is 1.